The van der Waals surface area contributed by atoms with Crippen LogP contribution in [0.5, 0.6) is 5.75 Å². The topological polar surface area (TPSA) is 88.0 Å². The highest BCUT2D eigenvalue weighted by molar-refractivity contribution is 5.87. The Hall–Kier alpha value is -1.63. The van der Waals surface area contributed by atoms with Gasteiger partial charge in [0.05, 0.1) is 11.7 Å². The third-order valence-electron chi connectivity index (χ3n) is 3.72. The van der Waals surface area contributed by atoms with Gasteiger partial charge in [-0.2, -0.15) is 0 Å². The average molecular weight is 295 g/mol. The van der Waals surface area contributed by atoms with E-state index in [1.165, 1.54) is 12.1 Å². The molecule has 0 saturated carbocycles. The Bertz CT molecular complexity index is 493. The van der Waals surface area contributed by atoms with Crippen molar-refractivity contribution in [1.82, 2.24) is 5.32 Å². The van der Waals surface area contributed by atoms with Crippen molar-refractivity contribution < 1.29 is 24.5 Å². The van der Waals surface area contributed by atoms with E-state index in [1.807, 2.05) is 6.92 Å². The number of benzene rings is 1. The molecule has 0 aliphatic carbocycles. The van der Waals surface area contributed by atoms with Crippen molar-refractivity contribution >= 4 is 5.97 Å². The summed E-state index contributed by atoms with van der Waals surface area (Å²) in [4.78, 5) is 10.8. The third-order valence-corrected chi connectivity index (χ3v) is 3.72. The zero-order valence-electron chi connectivity index (χ0n) is 12.0. The summed E-state index contributed by atoms with van der Waals surface area (Å²) in [5.74, 6) is -0.455. The third kappa shape index (κ3) is 4.17. The fourth-order valence-electron chi connectivity index (χ4n) is 2.27. The number of carboxylic acid groups (broad SMARTS) is 1. The van der Waals surface area contributed by atoms with Gasteiger partial charge in [0.15, 0.2) is 0 Å². The second kappa shape index (κ2) is 6.89. The van der Waals surface area contributed by atoms with E-state index in [0.29, 0.717) is 38.5 Å². The maximum atomic E-state index is 10.8. The minimum Gasteiger partial charge on any atom is -0.492 e. The van der Waals surface area contributed by atoms with Crippen LogP contribution in [0.4, 0.5) is 0 Å². The van der Waals surface area contributed by atoms with Gasteiger partial charge in [0.25, 0.3) is 0 Å². The average Bonchev–Trinajstić information content (AvgIpc) is 2.79. The lowest BCUT2D eigenvalue weighted by atomic mass is 9.97. The summed E-state index contributed by atoms with van der Waals surface area (Å²) in [6.07, 6.45) is 0.459. The van der Waals surface area contributed by atoms with Crippen LogP contribution in [0.2, 0.25) is 0 Å². The number of aliphatic hydroxyl groups is 1. The molecule has 0 radical (unpaired) electrons. The van der Waals surface area contributed by atoms with Crippen molar-refractivity contribution in [3.05, 3.63) is 29.8 Å². The van der Waals surface area contributed by atoms with Crippen LogP contribution < -0.4 is 10.1 Å². The first kappa shape index (κ1) is 15.8. The fraction of sp³-hybridized carbons (Fsp3) is 0.533. The van der Waals surface area contributed by atoms with Gasteiger partial charge in [0.1, 0.15) is 18.0 Å². The van der Waals surface area contributed by atoms with Gasteiger partial charge in [-0.15, -0.1) is 0 Å². The van der Waals surface area contributed by atoms with Gasteiger partial charge in [-0.3, -0.25) is 0 Å². The molecule has 6 nitrogen and oxygen atoms in total. The van der Waals surface area contributed by atoms with Crippen molar-refractivity contribution in [1.29, 1.82) is 0 Å². The Morgan fingerprint density at radius 2 is 2.38 bits per heavy atom. The van der Waals surface area contributed by atoms with Gasteiger partial charge < -0.3 is 25.0 Å². The van der Waals surface area contributed by atoms with Crippen molar-refractivity contribution in [3.8, 4) is 5.75 Å². The molecule has 116 valence electrons. The number of ether oxygens (including phenoxy) is 2. The quantitative estimate of drug-likeness (QED) is 0.648. The van der Waals surface area contributed by atoms with Gasteiger partial charge in [-0.1, -0.05) is 6.07 Å². The normalized spacial score (nSPS) is 25.0. The SMILES string of the molecule is CC1OCCC1(O)CNCCOc1cccc(C(=O)O)c1. The molecule has 6 heteroatoms. The molecule has 1 fully saturated rings. The van der Waals surface area contributed by atoms with Crippen LogP contribution in [0.1, 0.15) is 23.7 Å². The second-order valence-electron chi connectivity index (χ2n) is 5.22. The van der Waals surface area contributed by atoms with Crippen molar-refractivity contribution in [2.45, 2.75) is 25.0 Å². The van der Waals surface area contributed by atoms with E-state index in [1.54, 1.807) is 12.1 Å². The first-order valence-corrected chi connectivity index (χ1v) is 7.02. The number of carboxylic acids is 1. The van der Waals surface area contributed by atoms with E-state index in [-0.39, 0.29) is 11.7 Å². The number of carbonyl (C=O) groups is 1. The minimum atomic E-state index is -0.976. The summed E-state index contributed by atoms with van der Waals surface area (Å²) < 4.78 is 10.8. The molecule has 21 heavy (non-hydrogen) atoms. The van der Waals surface area contributed by atoms with Crippen LogP contribution in [0.25, 0.3) is 0 Å². The summed E-state index contributed by atoms with van der Waals surface area (Å²) in [5, 5.41) is 22.3. The predicted molar refractivity (Wildman–Crippen MR) is 76.7 cm³/mol. The van der Waals surface area contributed by atoms with Crippen LogP contribution in [0, 0.1) is 0 Å². The fourth-order valence-corrected chi connectivity index (χ4v) is 2.27. The molecule has 1 saturated heterocycles. The molecule has 0 bridgehead atoms. The molecule has 3 N–H and O–H groups in total. The Labute approximate surface area is 123 Å². The Kier molecular flexibility index (Phi) is 5.17. The molecule has 2 atom stereocenters. The van der Waals surface area contributed by atoms with E-state index in [9.17, 15) is 9.90 Å². The number of nitrogens with one attached hydrogen (secondary N) is 1. The summed E-state index contributed by atoms with van der Waals surface area (Å²) >= 11 is 0. The highest BCUT2D eigenvalue weighted by Gasteiger charge is 2.38. The number of rotatable bonds is 7. The Balaban J connectivity index is 1.70. The van der Waals surface area contributed by atoms with Gasteiger partial charge in [-0.25, -0.2) is 4.79 Å². The summed E-state index contributed by atoms with van der Waals surface area (Å²) in [7, 11) is 0. The van der Waals surface area contributed by atoms with Crippen molar-refractivity contribution in [2.24, 2.45) is 0 Å². The van der Waals surface area contributed by atoms with Gasteiger partial charge in [0.2, 0.25) is 0 Å². The monoisotopic (exact) mass is 295 g/mol. The lowest BCUT2D eigenvalue weighted by Crippen LogP contribution is -2.46. The molecule has 2 unspecified atom stereocenters. The maximum absolute atomic E-state index is 10.8. The van der Waals surface area contributed by atoms with E-state index in [2.05, 4.69) is 5.32 Å². The van der Waals surface area contributed by atoms with E-state index in [4.69, 9.17) is 14.6 Å². The number of aromatic carboxylic acids is 1. The molecule has 1 aliphatic rings. The largest absolute Gasteiger partial charge is 0.492 e. The maximum Gasteiger partial charge on any atom is 0.335 e. The summed E-state index contributed by atoms with van der Waals surface area (Å²) in [6, 6.07) is 6.37. The van der Waals surface area contributed by atoms with Crippen LogP contribution in [-0.2, 0) is 4.74 Å². The number of hydrogen-bond donors (Lipinski definition) is 3. The molecule has 1 aromatic carbocycles. The van der Waals surface area contributed by atoms with Crippen LogP contribution in [0.3, 0.4) is 0 Å². The van der Waals surface area contributed by atoms with Crippen LogP contribution in [0.15, 0.2) is 24.3 Å². The predicted octanol–water partition coefficient (Wildman–Crippen LogP) is 0.893. The molecule has 1 aromatic rings. The molecule has 0 spiro atoms. The van der Waals surface area contributed by atoms with Gasteiger partial charge >= 0.3 is 5.97 Å². The Morgan fingerprint density at radius 1 is 1.57 bits per heavy atom. The molecular weight excluding hydrogens is 274 g/mol. The summed E-state index contributed by atoms with van der Waals surface area (Å²) in [6.45, 7) is 3.85. The lowest BCUT2D eigenvalue weighted by molar-refractivity contribution is -0.0263. The van der Waals surface area contributed by atoms with Gasteiger partial charge in [0, 0.05) is 26.1 Å². The first-order chi connectivity index (χ1) is 10.0. The van der Waals surface area contributed by atoms with E-state index < -0.39 is 11.6 Å². The van der Waals surface area contributed by atoms with Crippen LogP contribution in [-0.4, -0.2) is 54.2 Å². The van der Waals surface area contributed by atoms with Gasteiger partial charge in [-0.05, 0) is 25.1 Å². The molecule has 0 aromatic heterocycles. The zero-order chi connectivity index (χ0) is 15.3. The highest BCUT2D eigenvalue weighted by Crippen LogP contribution is 2.24. The molecule has 1 heterocycles. The smallest absolute Gasteiger partial charge is 0.335 e. The number of hydrogen-bond acceptors (Lipinski definition) is 5. The molecule has 0 amide bonds. The second-order valence-corrected chi connectivity index (χ2v) is 5.22. The molecule has 1 aliphatic heterocycles. The lowest BCUT2D eigenvalue weighted by Gasteiger charge is -2.26. The minimum absolute atomic E-state index is 0.168. The first-order valence-electron chi connectivity index (χ1n) is 7.02. The Morgan fingerprint density at radius 3 is 3.05 bits per heavy atom. The van der Waals surface area contributed by atoms with E-state index in [0.717, 1.165) is 0 Å². The molecule has 2 rings (SSSR count). The summed E-state index contributed by atoms with van der Waals surface area (Å²) in [5.41, 5.74) is -0.616. The zero-order valence-corrected chi connectivity index (χ0v) is 12.0. The highest BCUT2D eigenvalue weighted by atomic mass is 16.5. The standard InChI is InChI=1S/C15H21NO5/c1-11-15(19,5-7-20-11)10-16-6-8-21-13-4-2-3-12(9-13)14(17)18/h2-4,9,11,16,19H,5-8,10H2,1H3,(H,17,18). The van der Waals surface area contributed by atoms with Crippen LogP contribution >= 0.6 is 0 Å². The van der Waals surface area contributed by atoms with Crippen molar-refractivity contribution in [3.63, 3.8) is 0 Å². The van der Waals surface area contributed by atoms with E-state index >= 15 is 0 Å². The molecular formula is C15H21NO5. The van der Waals surface area contributed by atoms with Crippen molar-refractivity contribution in [2.75, 3.05) is 26.3 Å².